The monoisotopic (exact) mass is 355 g/mol. The minimum absolute atomic E-state index is 0.135. The van der Waals surface area contributed by atoms with Gasteiger partial charge in [-0.05, 0) is 49.3 Å². The molecule has 5 nitrogen and oxygen atoms in total. The van der Waals surface area contributed by atoms with E-state index in [1.54, 1.807) is 17.9 Å². The lowest BCUT2D eigenvalue weighted by atomic mass is 9.97. The number of carbonyl (C=O) groups is 1. The molecular formula is C21H25NO4. The Kier molecular flexibility index (Phi) is 5.89. The molecule has 1 fully saturated rings. The molecule has 0 aliphatic carbocycles. The fourth-order valence-electron chi connectivity index (χ4n) is 3.44. The minimum Gasteiger partial charge on any atom is -0.427 e. The maximum Gasteiger partial charge on any atom is 0.349 e. The third-order valence-corrected chi connectivity index (χ3v) is 5.08. The summed E-state index contributed by atoms with van der Waals surface area (Å²) in [5.41, 5.74) is 1.43. The van der Waals surface area contributed by atoms with E-state index in [2.05, 4.69) is 0 Å². The molecule has 26 heavy (non-hydrogen) atoms. The molecule has 2 aromatic rings. The van der Waals surface area contributed by atoms with E-state index >= 15 is 0 Å². The van der Waals surface area contributed by atoms with Crippen LogP contribution in [0.15, 0.2) is 45.6 Å². The molecule has 1 aliphatic rings. The van der Waals surface area contributed by atoms with Gasteiger partial charge in [-0.3, -0.25) is 4.79 Å². The molecule has 0 spiro atoms. The normalized spacial score (nSPS) is 15.2. The number of aliphatic hydroxyl groups excluding tert-OH is 1. The smallest absolute Gasteiger partial charge is 0.349 e. The van der Waals surface area contributed by atoms with E-state index in [-0.39, 0.29) is 24.0 Å². The summed E-state index contributed by atoms with van der Waals surface area (Å²) in [7, 11) is 0. The number of likely N-dealkylation sites (tertiary alicyclic amines) is 1. The summed E-state index contributed by atoms with van der Waals surface area (Å²) in [5, 5.41) is 9.22. The van der Waals surface area contributed by atoms with Gasteiger partial charge >= 0.3 is 5.63 Å². The Bertz CT molecular complexity index is 805. The minimum atomic E-state index is -0.553. The number of carbonyl (C=O) groups excluding carboxylic acids is 1. The summed E-state index contributed by atoms with van der Waals surface area (Å²) in [6.07, 6.45) is 2.94. The zero-order chi connectivity index (χ0) is 18.5. The van der Waals surface area contributed by atoms with Crippen molar-refractivity contribution in [3.05, 3.63) is 69.3 Å². The van der Waals surface area contributed by atoms with Crippen molar-refractivity contribution >= 4 is 5.91 Å². The van der Waals surface area contributed by atoms with Gasteiger partial charge in [-0.2, -0.15) is 0 Å². The lowest BCUT2D eigenvalue weighted by Gasteiger charge is -2.31. The Morgan fingerprint density at radius 2 is 1.88 bits per heavy atom. The number of aryl methyl sites for hydroxylation is 3. The molecule has 2 heterocycles. The highest BCUT2D eigenvalue weighted by Crippen LogP contribution is 2.19. The molecule has 1 N–H and O–H groups in total. The maximum atomic E-state index is 12.7. The van der Waals surface area contributed by atoms with Gasteiger partial charge in [0.15, 0.2) is 0 Å². The molecule has 138 valence electrons. The van der Waals surface area contributed by atoms with Crippen LogP contribution in [0.5, 0.6) is 0 Å². The van der Waals surface area contributed by atoms with Gasteiger partial charge in [-0.15, -0.1) is 0 Å². The van der Waals surface area contributed by atoms with Crippen LogP contribution in [0.1, 0.15) is 40.1 Å². The fourth-order valence-corrected chi connectivity index (χ4v) is 3.44. The van der Waals surface area contributed by atoms with Crippen molar-refractivity contribution in [1.29, 1.82) is 0 Å². The number of amides is 1. The number of hydrogen-bond donors (Lipinski definition) is 1. The van der Waals surface area contributed by atoms with Crippen LogP contribution in [-0.2, 0) is 12.8 Å². The van der Waals surface area contributed by atoms with E-state index in [0.29, 0.717) is 30.8 Å². The predicted molar refractivity (Wildman–Crippen MR) is 99.3 cm³/mol. The van der Waals surface area contributed by atoms with E-state index in [1.807, 2.05) is 30.3 Å². The molecule has 1 aliphatic heterocycles. The predicted octanol–water partition coefficient (Wildman–Crippen LogP) is 2.58. The zero-order valence-electron chi connectivity index (χ0n) is 15.1. The summed E-state index contributed by atoms with van der Waals surface area (Å²) in [6.45, 7) is 3.08. The van der Waals surface area contributed by atoms with Crippen molar-refractivity contribution in [2.75, 3.05) is 19.7 Å². The van der Waals surface area contributed by atoms with Gasteiger partial charge in [0.2, 0.25) is 0 Å². The van der Waals surface area contributed by atoms with Crippen LogP contribution in [0, 0.1) is 12.8 Å². The first kappa shape index (κ1) is 18.4. The molecule has 0 saturated carbocycles. The Morgan fingerprint density at radius 1 is 1.19 bits per heavy atom. The van der Waals surface area contributed by atoms with Crippen molar-refractivity contribution < 1.29 is 14.3 Å². The maximum absolute atomic E-state index is 12.7. The third kappa shape index (κ3) is 4.22. The van der Waals surface area contributed by atoms with Crippen molar-refractivity contribution in [2.24, 2.45) is 5.92 Å². The first-order valence-corrected chi connectivity index (χ1v) is 9.16. The van der Waals surface area contributed by atoms with E-state index in [9.17, 15) is 14.7 Å². The molecule has 0 atom stereocenters. The Balaban J connectivity index is 1.71. The van der Waals surface area contributed by atoms with Crippen molar-refractivity contribution in [2.45, 2.75) is 32.6 Å². The van der Waals surface area contributed by atoms with Gasteiger partial charge in [0.1, 0.15) is 11.3 Å². The Hall–Kier alpha value is -2.40. The van der Waals surface area contributed by atoms with Crippen molar-refractivity contribution in [3.8, 4) is 0 Å². The van der Waals surface area contributed by atoms with Crippen LogP contribution >= 0.6 is 0 Å². The first-order chi connectivity index (χ1) is 12.6. The summed E-state index contributed by atoms with van der Waals surface area (Å²) >= 11 is 0. The van der Waals surface area contributed by atoms with Gasteiger partial charge in [-0.1, -0.05) is 30.3 Å². The van der Waals surface area contributed by atoms with Crippen molar-refractivity contribution in [3.63, 3.8) is 0 Å². The second-order valence-corrected chi connectivity index (χ2v) is 6.96. The fraction of sp³-hybridized carbons (Fsp3) is 0.429. The largest absolute Gasteiger partial charge is 0.427 e. The van der Waals surface area contributed by atoms with Crippen LogP contribution in [0.3, 0.4) is 0 Å². The van der Waals surface area contributed by atoms with Crippen molar-refractivity contribution in [1.82, 2.24) is 4.90 Å². The molecule has 3 rings (SSSR count). The highest BCUT2D eigenvalue weighted by Gasteiger charge is 2.26. The Morgan fingerprint density at radius 3 is 2.50 bits per heavy atom. The molecule has 1 saturated heterocycles. The van der Waals surface area contributed by atoms with Crippen LogP contribution in [0.4, 0.5) is 0 Å². The highest BCUT2D eigenvalue weighted by atomic mass is 16.4. The van der Waals surface area contributed by atoms with Crippen LogP contribution in [-0.4, -0.2) is 35.6 Å². The van der Waals surface area contributed by atoms with E-state index in [1.165, 1.54) is 5.56 Å². The lowest BCUT2D eigenvalue weighted by Crippen LogP contribution is -2.41. The Labute approximate surface area is 153 Å². The summed E-state index contributed by atoms with van der Waals surface area (Å²) < 4.78 is 5.42. The van der Waals surface area contributed by atoms with Crippen LogP contribution in [0.25, 0.3) is 0 Å². The van der Waals surface area contributed by atoms with E-state index in [4.69, 9.17) is 4.42 Å². The van der Waals surface area contributed by atoms with Gasteiger partial charge in [0.05, 0.1) is 0 Å². The van der Waals surface area contributed by atoms with Crippen LogP contribution < -0.4 is 5.63 Å². The van der Waals surface area contributed by atoms with Gasteiger partial charge in [0.25, 0.3) is 5.91 Å². The standard InChI is InChI=1S/C21H25NO4/c1-15-13-18(8-7-16-5-3-2-4-6-16)26-21(25)19(15)20(24)22-11-9-17(14-23)10-12-22/h2-6,13,17,23H,7-12,14H2,1H3. The number of rotatable bonds is 5. The van der Waals surface area contributed by atoms with Gasteiger partial charge in [0, 0.05) is 26.1 Å². The second kappa shape index (κ2) is 8.32. The molecule has 0 radical (unpaired) electrons. The quantitative estimate of drug-likeness (QED) is 0.895. The summed E-state index contributed by atoms with van der Waals surface area (Å²) in [6, 6.07) is 11.8. The molecule has 1 aromatic heterocycles. The molecule has 1 amide bonds. The van der Waals surface area contributed by atoms with Gasteiger partial charge < -0.3 is 14.4 Å². The zero-order valence-corrected chi connectivity index (χ0v) is 15.1. The molecule has 5 heteroatoms. The van der Waals surface area contributed by atoms with E-state index in [0.717, 1.165) is 19.3 Å². The SMILES string of the molecule is Cc1cc(CCc2ccccc2)oc(=O)c1C(=O)N1CCC(CO)CC1. The summed E-state index contributed by atoms with van der Waals surface area (Å²) in [4.78, 5) is 26.8. The third-order valence-electron chi connectivity index (χ3n) is 5.08. The number of aliphatic hydroxyl groups is 1. The number of hydrogen-bond acceptors (Lipinski definition) is 4. The van der Waals surface area contributed by atoms with Crippen LogP contribution in [0.2, 0.25) is 0 Å². The summed E-state index contributed by atoms with van der Waals surface area (Å²) in [5.74, 6) is 0.589. The molecular weight excluding hydrogens is 330 g/mol. The first-order valence-electron chi connectivity index (χ1n) is 9.16. The number of nitrogens with zero attached hydrogens (tertiary/aromatic N) is 1. The number of benzene rings is 1. The average molecular weight is 355 g/mol. The van der Waals surface area contributed by atoms with Gasteiger partial charge in [-0.25, -0.2) is 4.79 Å². The second-order valence-electron chi connectivity index (χ2n) is 6.96. The topological polar surface area (TPSA) is 70.8 Å². The average Bonchev–Trinajstić information content (AvgIpc) is 2.66. The van der Waals surface area contributed by atoms with E-state index < -0.39 is 5.63 Å². The lowest BCUT2D eigenvalue weighted by molar-refractivity contribution is 0.0645. The molecule has 0 bridgehead atoms. The molecule has 0 unspecified atom stereocenters. The number of piperidine rings is 1. The molecule has 1 aromatic carbocycles. The highest BCUT2D eigenvalue weighted by molar-refractivity contribution is 5.95.